The summed E-state index contributed by atoms with van der Waals surface area (Å²) in [5.74, 6) is 1.00. The lowest BCUT2D eigenvalue weighted by atomic mass is 10.1. The molecule has 0 unspecified atom stereocenters. The molecule has 3 rings (SSSR count). The summed E-state index contributed by atoms with van der Waals surface area (Å²) < 4.78 is 23.6. The van der Waals surface area contributed by atoms with Crippen molar-refractivity contribution in [3.63, 3.8) is 0 Å². The Balaban J connectivity index is 1.74. The predicted octanol–water partition coefficient (Wildman–Crippen LogP) is 4.05. The van der Waals surface area contributed by atoms with Gasteiger partial charge in [-0.25, -0.2) is 4.39 Å². The maximum absolute atomic E-state index is 13.1. The van der Waals surface area contributed by atoms with Crippen LogP contribution in [0.25, 0.3) is 6.08 Å². The van der Waals surface area contributed by atoms with Crippen LogP contribution in [-0.2, 0) is 11.3 Å². The van der Waals surface area contributed by atoms with Gasteiger partial charge in [0.1, 0.15) is 17.3 Å². The fourth-order valence-corrected chi connectivity index (χ4v) is 2.77. The van der Waals surface area contributed by atoms with E-state index in [1.807, 2.05) is 17.0 Å². The first-order valence-electron chi connectivity index (χ1n) is 8.56. The van der Waals surface area contributed by atoms with Gasteiger partial charge in [0.25, 0.3) is 0 Å². The first kappa shape index (κ1) is 18.0. The fourth-order valence-electron chi connectivity index (χ4n) is 2.77. The standard InChI is InChI=1S/C21H22FNO3/c1-25-19-11-5-16(20(13-19)26-2)6-12-21(24)23(18-9-10-18)14-15-3-7-17(22)8-4-15/h3-8,11-13,18H,9-10,14H2,1-2H3/b12-6+. The second kappa shape index (κ2) is 8.04. The summed E-state index contributed by atoms with van der Waals surface area (Å²) in [6.45, 7) is 0.480. The van der Waals surface area contributed by atoms with Crippen LogP contribution in [0, 0.1) is 5.82 Å². The number of amides is 1. The van der Waals surface area contributed by atoms with Crippen molar-refractivity contribution in [1.29, 1.82) is 0 Å². The molecule has 136 valence electrons. The number of methoxy groups -OCH3 is 2. The van der Waals surface area contributed by atoms with Gasteiger partial charge in [0.05, 0.1) is 14.2 Å². The number of benzene rings is 2. The fraction of sp³-hybridized carbons (Fsp3) is 0.286. The molecule has 0 N–H and O–H groups in total. The Morgan fingerprint density at radius 3 is 2.50 bits per heavy atom. The van der Waals surface area contributed by atoms with Crippen LogP contribution in [0.5, 0.6) is 11.5 Å². The molecule has 0 spiro atoms. The van der Waals surface area contributed by atoms with Gasteiger partial charge in [-0.3, -0.25) is 4.79 Å². The zero-order chi connectivity index (χ0) is 18.5. The second-order valence-electron chi connectivity index (χ2n) is 6.26. The highest BCUT2D eigenvalue weighted by Gasteiger charge is 2.31. The number of carbonyl (C=O) groups is 1. The average molecular weight is 355 g/mol. The molecule has 0 atom stereocenters. The zero-order valence-electron chi connectivity index (χ0n) is 14.9. The van der Waals surface area contributed by atoms with Crippen molar-refractivity contribution in [1.82, 2.24) is 4.90 Å². The topological polar surface area (TPSA) is 38.8 Å². The van der Waals surface area contributed by atoms with E-state index in [9.17, 15) is 9.18 Å². The van der Waals surface area contributed by atoms with E-state index in [0.717, 1.165) is 24.0 Å². The molecule has 1 amide bonds. The van der Waals surface area contributed by atoms with Gasteiger partial charge in [0.2, 0.25) is 5.91 Å². The normalized spacial score (nSPS) is 13.7. The van der Waals surface area contributed by atoms with Gasteiger partial charge in [-0.2, -0.15) is 0 Å². The third-order valence-corrected chi connectivity index (χ3v) is 4.38. The Hall–Kier alpha value is -2.82. The number of rotatable bonds is 7. The molecular weight excluding hydrogens is 333 g/mol. The third-order valence-electron chi connectivity index (χ3n) is 4.38. The number of ether oxygens (including phenoxy) is 2. The maximum Gasteiger partial charge on any atom is 0.247 e. The lowest BCUT2D eigenvalue weighted by Crippen LogP contribution is -2.31. The minimum atomic E-state index is -0.274. The summed E-state index contributed by atoms with van der Waals surface area (Å²) in [6, 6.07) is 12.0. The molecule has 26 heavy (non-hydrogen) atoms. The van der Waals surface area contributed by atoms with Crippen LogP contribution in [0.1, 0.15) is 24.0 Å². The highest BCUT2D eigenvalue weighted by Crippen LogP contribution is 2.29. The van der Waals surface area contributed by atoms with Crippen LogP contribution in [-0.4, -0.2) is 31.1 Å². The molecule has 0 aliphatic heterocycles. The number of hydrogen-bond acceptors (Lipinski definition) is 3. The summed E-state index contributed by atoms with van der Waals surface area (Å²) >= 11 is 0. The predicted molar refractivity (Wildman–Crippen MR) is 98.6 cm³/mol. The van der Waals surface area contributed by atoms with Crippen LogP contribution in [0.4, 0.5) is 4.39 Å². The van der Waals surface area contributed by atoms with Crippen molar-refractivity contribution >= 4 is 12.0 Å². The van der Waals surface area contributed by atoms with E-state index in [2.05, 4.69) is 0 Å². The zero-order valence-corrected chi connectivity index (χ0v) is 14.9. The molecule has 1 aliphatic carbocycles. The Morgan fingerprint density at radius 1 is 1.15 bits per heavy atom. The van der Waals surface area contributed by atoms with Crippen molar-refractivity contribution < 1.29 is 18.7 Å². The molecule has 0 heterocycles. The van der Waals surface area contributed by atoms with E-state index in [1.54, 1.807) is 44.6 Å². The number of halogens is 1. The minimum absolute atomic E-state index is 0.0605. The van der Waals surface area contributed by atoms with Crippen molar-refractivity contribution in [2.75, 3.05) is 14.2 Å². The van der Waals surface area contributed by atoms with Crippen LogP contribution in [0.2, 0.25) is 0 Å². The van der Waals surface area contributed by atoms with Crippen molar-refractivity contribution in [2.45, 2.75) is 25.4 Å². The molecule has 2 aromatic rings. The van der Waals surface area contributed by atoms with Crippen LogP contribution in [0.15, 0.2) is 48.5 Å². The molecule has 1 fully saturated rings. The second-order valence-corrected chi connectivity index (χ2v) is 6.26. The SMILES string of the molecule is COc1ccc(/C=C/C(=O)N(Cc2ccc(F)cc2)C2CC2)c(OC)c1. The Morgan fingerprint density at radius 2 is 1.88 bits per heavy atom. The largest absolute Gasteiger partial charge is 0.497 e. The molecule has 0 radical (unpaired) electrons. The lowest BCUT2D eigenvalue weighted by Gasteiger charge is -2.21. The Bertz CT molecular complexity index is 797. The monoisotopic (exact) mass is 355 g/mol. The number of hydrogen-bond donors (Lipinski definition) is 0. The van der Waals surface area contributed by atoms with Gasteiger partial charge in [-0.05, 0) is 48.7 Å². The summed E-state index contributed by atoms with van der Waals surface area (Å²) in [6.07, 6.45) is 5.33. The smallest absolute Gasteiger partial charge is 0.247 e. The third kappa shape index (κ3) is 4.42. The van der Waals surface area contributed by atoms with E-state index in [0.29, 0.717) is 18.0 Å². The molecule has 4 nitrogen and oxygen atoms in total. The number of carbonyl (C=O) groups excluding carboxylic acids is 1. The quantitative estimate of drug-likeness (QED) is 0.704. The van der Waals surface area contributed by atoms with Crippen LogP contribution >= 0.6 is 0 Å². The molecule has 0 aromatic heterocycles. The highest BCUT2D eigenvalue weighted by atomic mass is 19.1. The highest BCUT2D eigenvalue weighted by molar-refractivity contribution is 5.92. The first-order valence-corrected chi connectivity index (χ1v) is 8.56. The Kier molecular flexibility index (Phi) is 5.56. The average Bonchev–Trinajstić information content (AvgIpc) is 3.50. The minimum Gasteiger partial charge on any atom is -0.497 e. The van der Waals surface area contributed by atoms with E-state index in [-0.39, 0.29) is 17.8 Å². The van der Waals surface area contributed by atoms with Gasteiger partial charge in [-0.15, -0.1) is 0 Å². The molecule has 0 saturated heterocycles. The molecule has 5 heteroatoms. The van der Waals surface area contributed by atoms with Gasteiger partial charge in [-0.1, -0.05) is 12.1 Å². The van der Waals surface area contributed by atoms with Crippen molar-refractivity contribution in [3.05, 3.63) is 65.5 Å². The van der Waals surface area contributed by atoms with Crippen molar-refractivity contribution in [2.24, 2.45) is 0 Å². The summed E-state index contributed by atoms with van der Waals surface area (Å²) in [5.41, 5.74) is 1.72. The van der Waals surface area contributed by atoms with Gasteiger partial charge < -0.3 is 14.4 Å². The summed E-state index contributed by atoms with van der Waals surface area (Å²) in [5, 5.41) is 0. The molecule has 1 saturated carbocycles. The van der Waals surface area contributed by atoms with E-state index >= 15 is 0 Å². The number of nitrogens with zero attached hydrogens (tertiary/aromatic N) is 1. The Labute approximate surface area is 152 Å². The van der Waals surface area contributed by atoms with E-state index in [4.69, 9.17) is 9.47 Å². The molecular formula is C21H22FNO3. The molecule has 2 aromatic carbocycles. The van der Waals surface area contributed by atoms with Crippen LogP contribution in [0.3, 0.4) is 0 Å². The van der Waals surface area contributed by atoms with Gasteiger partial charge >= 0.3 is 0 Å². The van der Waals surface area contributed by atoms with Gasteiger partial charge in [0, 0.05) is 30.3 Å². The van der Waals surface area contributed by atoms with Crippen LogP contribution < -0.4 is 9.47 Å². The molecule has 0 bridgehead atoms. The first-order chi connectivity index (χ1) is 12.6. The lowest BCUT2D eigenvalue weighted by molar-refractivity contribution is -0.127. The van der Waals surface area contributed by atoms with Crippen molar-refractivity contribution in [3.8, 4) is 11.5 Å². The molecule has 1 aliphatic rings. The van der Waals surface area contributed by atoms with E-state index < -0.39 is 0 Å². The summed E-state index contributed by atoms with van der Waals surface area (Å²) in [4.78, 5) is 14.5. The van der Waals surface area contributed by atoms with E-state index in [1.165, 1.54) is 12.1 Å². The summed E-state index contributed by atoms with van der Waals surface area (Å²) in [7, 11) is 3.18. The van der Waals surface area contributed by atoms with Gasteiger partial charge in [0.15, 0.2) is 0 Å². The maximum atomic E-state index is 13.1.